The van der Waals surface area contributed by atoms with Crippen molar-refractivity contribution < 1.29 is 9.53 Å². The molecular formula is C12H20N2O2. The Morgan fingerprint density at radius 2 is 2.12 bits per heavy atom. The van der Waals surface area contributed by atoms with Crippen molar-refractivity contribution in [2.24, 2.45) is 0 Å². The minimum Gasteiger partial charge on any atom is -0.445 e. The van der Waals surface area contributed by atoms with Gasteiger partial charge in [0.15, 0.2) is 0 Å². The number of pyridine rings is 1. The summed E-state index contributed by atoms with van der Waals surface area (Å²) >= 11 is 0. The molecular weight excluding hydrogens is 204 g/mol. The molecule has 0 bridgehead atoms. The molecule has 0 aliphatic rings. The van der Waals surface area contributed by atoms with Gasteiger partial charge in [0.25, 0.3) is 0 Å². The molecule has 0 unspecified atom stereocenters. The number of rotatable bonds is 3. The molecule has 1 amide bonds. The van der Waals surface area contributed by atoms with E-state index in [-0.39, 0.29) is 6.61 Å². The average Bonchev–Trinajstić information content (AvgIpc) is 2.29. The van der Waals surface area contributed by atoms with Crippen LogP contribution in [0, 0.1) is 0 Å². The highest BCUT2D eigenvalue weighted by atomic mass is 16.5. The van der Waals surface area contributed by atoms with Crippen molar-refractivity contribution in [3.63, 3.8) is 0 Å². The van der Waals surface area contributed by atoms with E-state index in [0.717, 1.165) is 5.56 Å². The molecule has 0 aliphatic carbocycles. The van der Waals surface area contributed by atoms with Gasteiger partial charge in [0, 0.05) is 24.5 Å². The fourth-order valence-corrected chi connectivity index (χ4v) is 0.828. The van der Waals surface area contributed by atoms with Crippen molar-refractivity contribution in [3.8, 4) is 0 Å². The van der Waals surface area contributed by atoms with Gasteiger partial charge in [-0.1, -0.05) is 26.3 Å². The van der Waals surface area contributed by atoms with Crippen LogP contribution < -0.4 is 5.32 Å². The van der Waals surface area contributed by atoms with E-state index in [1.807, 2.05) is 13.0 Å². The van der Waals surface area contributed by atoms with Crippen LogP contribution in [0.25, 0.3) is 0 Å². The fraction of sp³-hybridized carbons (Fsp3) is 0.500. The molecule has 1 heterocycles. The highest BCUT2D eigenvalue weighted by molar-refractivity contribution is 5.66. The predicted octanol–water partition coefficient (Wildman–Crippen LogP) is 2.74. The molecule has 4 heteroatoms. The molecule has 0 saturated heterocycles. The second kappa shape index (κ2) is 9.96. The van der Waals surface area contributed by atoms with Gasteiger partial charge < -0.3 is 10.1 Å². The maximum atomic E-state index is 10.9. The standard InChI is InChI=1S/C9H12N2O2.C3H8/c1-2-11-9(12)13-7-8-4-3-5-10-6-8;1-3-2/h3-6H,2,7H2,1H3,(H,11,12);3H2,1-2H3. The molecule has 1 rings (SSSR count). The Labute approximate surface area is 97.0 Å². The van der Waals surface area contributed by atoms with E-state index in [1.54, 1.807) is 18.5 Å². The minimum atomic E-state index is -0.397. The summed E-state index contributed by atoms with van der Waals surface area (Å²) in [7, 11) is 0. The van der Waals surface area contributed by atoms with Gasteiger partial charge >= 0.3 is 6.09 Å². The van der Waals surface area contributed by atoms with E-state index >= 15 is 0 Å². The Kier molecular flexibility index (Phi) is 8.97. The Bertz CT molecular complexity index is 276. The first-order valence-corrected chi connectivity index (χ1v) is 5.54. The molecule has 0 atom stereocenters. The van der Waals surface area contributed by atoms with Crippen molar-refractivity contribution in [1.29, 1.82) is 0 Å². The summed E-state index contributed by atoms with van der Waals surface area (Å²) in [5.74, 6) is 0. The molecule has 4 nitrogen and oxygen atoms in total. The van der Waals surface area contributed by atoms with E-state index < -0.39 is 6.09 Å². The predicted molar refractivity (Wildman–Crippen MR) is 64.1 cm³/mol. The number of nitrogens with zero attached hydrogens (tertiary/aromatic N) is 1. The van der Waals surface area contributed by atoms with Gasteiger partial charge in [0.2, 0.25) is 0 Å². The number of ether oxygens (including phenoxy) is 1. The van der Waals surface area contributed by atoms with Gasteiger partial charge in [-0.25, -0.2) is 4.79 Å². The van der Waals surface area contributed by atoms with Gasteiger partial charge in [0.05, 0.1) is 0 Å². The van der Waals surface area contributed by atoms with Crippen molar-refractivity contribution in [3.05, 3.63) is 30.1 Å². The molecule has 0 radical (unpaired) electrons. The maximum absolute atomic E-state index is 10.9. The van der Waals surface area contributed by atoms with Crippen LogP contribution in [0.15, 0.2) is 24.5 Å². The summed E-state index contributed by atoms with van der Waals surface area (Å²) in [6, 6.07) is 3.66. The van der Waals surface area contributed by atoms with Gasteiger partial charge in [-0.2, -0.15) is 0 Å². The largest absolute Gasteiger partial charge is 0.445 e. The second-order valence-electron chi connectivity index (χ2n) is 3.17. The lowest BCUT2D eigenvalue weighted by Crippen LogP contribution is -2.23. The molecule has 1 aromatic rings. The number of amides is 1. The van der Waals surface area contributed by atoms with Crippen LogP contribution in [0.2, 0.25) is 0 Å². The van der Waals surface area contributed by atoms with Gasteiger partial charge in [-0.3, -0.25) is 4.98 Å². The lowest BCUT2D eigenvalue weighted by Gasteiger charge is -2.03. The Morgan fingerprint density at radius 1 is 1.44 bits per heavy atom. The topological polar surface area (TPSA) is 51.2 Å². The monoisotopic (exact) mass is 224 g/mol. The number of hydrogen-bond acceptors (Lipinski definition) is 3. The summed E-state index contributed by atoms with van der Waals surface area (Å²) in [6.45, 7) is 6.93. The number of nitrogens with one attached hydrogen (secondary N) is 1. The number of carbonyl (C=O) groups excluding carboxylic acids is 1. The third kappa shape index (κ3) is 7.79. The Hall–Kier alpha value is -1.58. The van der Waals surface area contributed by atoms with Gasteiger partial charge in [-0.15, -0.1) is 0 Å². The zero-order valence-electron chi connectivity index (χ0n) is 10.2. The quantitative estimate of drug-likeness (QED) is 0.858. The molecule has 0 fully saturated rings. The summed E-state index contributed by atoms with van der Waals surface area (Å²) < 4.78 is 4.88. The molecule has 16 heavy (non-hydrogen) atoms. The molecule has 0 saturated carbocycles. The van der Waals surface area contributed by atoms with Crippen molar-refractivity contribution in [1.82, 2.24) is 10.3 Å². The summed E-state index contributed by atoms with van der Waals surface area (Å²) in [6.07, 6.45) is 4.20. The molecule has 0 spiro atoms. The van der Waals surface area contributed by atoms with Gasteiger partial charge in [-0.05, 0) is 13.0 Å². The number of alkyl carbamates (subject to hydrolysis) is 1. The van der Waals surface area contributed by atoms with Crippen molar-refractivity contribution in [2.75, 3.05) is 6.54 Å². The van der Waals surface area contributed by atoms with E-state index in [2.05, 4.69) is 24.1 Å². The maximum Gasteiger partial charge on any atom is 0.407 e. The van der Waals surface area contributed by atoms with Crippen LogP contribution in [0.3, 0.4) is 0 Å². The summed E-state index contributed by atoms with van der Waals surface area (Å²) in [5.41, 5.74) is 0.883. The lowest BCUT2D eigenvalue weighted by atomic mass is 10.3. The van der Waals surface area contributed by atoms with Crippen molar-refractivity contribution in [2.45, 2.75) is 33.8 Å². The first kappa shape index (κ1) is 14.4. The molecule has 0 aliphatic heterocycles. The minimum absolute atomic E-state index is 0.264. The normalized spacial score (nSPS) is 8.69. The summed E-state index contributed by atoms with van der Waals surface area (Å²) in [4.78, 5) is 14.8. The van der Waals surface area contributed by atoms with Crippen LogP contribution in [0.1, 0.15) is 32.8 Å². The van der Waals surface area contributed by atoms with Crippen LogP contribution >= 0.6 is 0 Å². The summed E-state index contributed by atoms with van der Waals surface area (Å²) in [5, 5.41) is 2.53. The zero-order valence-corrected chi connectivity index (χ0v) is 10.2. The molecule has 1 N–H and O–H groups in total. The van der Waals surface area contributed by atoms with Crippen LogP contribution in [0.4, 0.5) is 4.79 Å². The number of carbonyl (C=O) groups is 1. The third-order valence-electron chi connectivity index (χ3n) is 1.41. The smallest absolute Gasteiger partial charge is 0.407 e. The number of hydrogen-bond donors (Lipinski definition) is 1. The van der Waals surface area contributed by atoms with Crippen LogP contribution in [-0.2, 0) is 11.3 Å². The second-order valence-corrected chi connectivity index (χ2v) is 3.17. The molecule has 0 aromatic carbocycles. The molecule has 1 aromatic heterocycles. The highest BCUT2D eigenvalue weighted by Crippen LogP contribution is 1.97. The van der Waals surface area contributed by atoms with E-state index in [0.29, 0.717) is 6.54 Å². The van der Waals surface area contributed by atoms with Crippen LogP contribution in [-0.4, -0.2) is 17.6 Å². The SMILES string of the molecule is CCC.CCNC(=O)OCc1cccnc1. The Morgan fingerprint density at radius 3 is 2.62 bits per heavy atom. The van der Waals surface area contributed by atoms with E-state index in [4.69, 9.17) is 4.74 Å². The van der Waals surface area contributed by atoms with Crippen LogP contribution in [0.5, 0.6) is 0 Å². The first-order valence-electron chi connectivity index (χ1n) is 5.54. The fourth-order valence-electron chi connectivity index (χ4n) is 0.828. The van der Waals surface area contributed by atoms with E-state index in [1.165, 1.54) is 6.42 Å². The third-order valence-corrected chi connectivity index (χ3v) is 1.41. The lowest BCUT2D eigenvalue weighted by molar-refractivity contribution is 0.140. The molecule has 90 valence electrons. The first-order chi connectivity index (χ1) is 7.74. The van der Waals surface area contributed by atoms with E-state index in [9.17, 15) is 4.79 Å². The Balaban J connectivity index is 0.000000673. The van der Waals surface area contributed by atoms with Gasteiger partial charge in [0.1, 0.15) is 6.61 Å². The number of aromatic nitrogens is 1. The van der Waals surface area contributed by atoms with Crippen molar-refractivity contribution >= 4 is 6.09 Å². The average molecular weight is 224 g/mol. The zero-order chi connectivity index (χ0) is 12.2. The highest BCUT2D eigenvalue weighted by Gasteiger charge is 1.99.